The summed E-state index contributed by atoms with van der Waals surface area (Å²) in [5, 5.41) is 8.67. The molecule has 0 bridgehead atoms. The number of likely N-dealkylation sites (tertiary alicyclic amines) is 1. The molecule has 1 aromatic carbocycles. The summed E-state index contributed by atoms with van der Waals surface area (Å²) in [6.07, 6.45) is 2.70. The molecule has 0 radical (unpaired) electrons. The van der Waals surface area contributed by atoms with Crippen molar-refractivity contribution in [1.82, 2.24) is 19.7 Å². The quantitative estimate of drug-likeness (QED) is 0.468. The maximum absolute atomic E-state index is 13.1. The molecule has 1 N–H and O–H groups in total. The van der Waals surface area contributed by atoms with Crippen LogP contribution in [0.4, 0.5) is 16.3 Å². The number of hydrogen-bond donors (Lipinski definition) is 1. The number of pyridine rings is 1. The number of hydrogen-bond acceptors (Lipinski definition) is 8. The summed E-state index contributed by atoms with van der Waals surface area (Å²) in [5.41, 5.74) is 1.07. The lowest BCUT2D eigenvalue weighted by Gasteiger charge is -2.32. The van der Waals surface area contributed by atoms with E-state index in [-0.39, 0.29) is 17.0 Å². The Hall–Kier alpha value is -3.57. The first kappa shape index (κ1) is 27.0. The second-order valence-corrected chi connectivity index (χ2v) is 11.2. The molecule has 0 unspecified atom stereocenters. The Morgan fingerprint density at radius 3 is 2.56 bits per heavy atom. The molecule has 2 aliphatic heterocycles. The van der Waals surface area contributed by atoms with E-state index in [0.717, 1.165) is 25.9 Å². The lowest BCUT2D eigenvalue weighted by atomic mass is 9.96. The number of nitrogens with one attached hydrogen (secondary N) is 1. The summed E-state index contributed by atoms with van der Waals surface area (Å²) in [7, 11) is 3.59. The minimum absolute atomic E-state index is 0.0710. The summed E-state index contributed by atoms with van der Waals surface area (Å²) in [6, 6.07) is 5.16. The smallest absolute Gasteiger partial charge is 0.415 e. The number of methoxy groups -OCH3 is 1. The third-order valence-corrected chi connectivity index (χ3v) is 7.04. The molecule has 0 aliphatic carbocycles. The van der Waals surface area contributed by atoms with Gasteiger partial charge in [0.2, 0.25) is 5.91 Å². The van der Waals surface area contributed by atoms with Crippen LogP contribution in [0.5, 0.6) is 11.5 Å². The van der Waals surface area contributed by atoms with E-state index in [1.165, 1.54) is 12.0 Å². The number of amides is 2. The van der Waals surface area contributed by atoms with Crippen LogP contribution < -0.4 is 19.7 Å². The van der Waals surface area contributed by atoms with Crippen molar-refractivity contribution in [3.8, 4) is 17.2 Å². The highest BCUT2D eigenvalue weighted by Gasteiger charge is 2.31. The van der Waals surface area contributed by atoms with Gasteiger partial charge in [-0.15, -0.1) is 5.10 Å². The van der Waals surface area contributed by atoms with Crippen LogP contribution in [0.2, 0.25) is 5.15 Å². The first-order valence-electron chi connectivity index (χ1n) is 12.9. The minimum Gasteiger partial charge on any atom is -0.494 e. The fourth-order valence-electron chi connectivity index (χ4n) is 4.82. The lowest BCUT2D eigenvalue weighted by Crippen LogP contribution is -2.41. The van der Waals surface area contributed by atoms with Crippen molar-refractivity contribution < 1.29 is 23.8 Å². The molecule has 5 rings (SSSR count). The van der Waals surface area contributed by atoms with Crippen molar-refractivity contribution in [2.45, 2.75) is 39.2 Å². The van der Waals surface area contributed by atoms with Crippen LogP contribution in [0.3, 0.4) is 0 Å². The highest BCUT2D eigenvalue weighted by Crippen LogP contribution is 2.41. The van der Waals surface area contributed by atoms with Crippen molar-refractivity contribution in [2.75, 3.05) is 50.6 Å². The van der Waals surface area contributed by atoms with Gasteiger partial charge in [-0.1, -0.05) is 11.6 Å². The summed E-state index contributed by atoms with van der Waals surface area (Å²) in [6.45, 7) is 7.84. The highest BCUT2D eigenvalue weighted by atomic mass is 35.5. The molecule has 0 atom stereocenters. The molecule has 0 spiro atoms. The molecule has 4 heterocycles. The zero-order chi connectivity index (χ0) is 27.9. The van der Waals surface area contributed by atoms with Gasteiger partial charge in [0, 0.05) is 30.3 Å². The summed E-state index contributed by atoms with van der Waals surface area (Å²) < 4.78 is 18.9. The van der Waals surface area contributed by atoms with Gasteiger partial charge in [-0.3, -0.25) is 9.69 Å². The third kappa shape index (κ3) is 5.60. The van der Waals surface area contributed by atoms with E-state index < -0.39 is 11.7 Å². The molecule has 1 saturated heterocycles. The van der Waals surface area contributed by atoms with Crippen LogP contribution in [0.1, 0.15) is 33.6 Å². The Kier molecular flexibility index (Phi) is 7.30. The van der Waals surface area contributed by atoms with Crippen LogP contribution in [-0.4, -0.2) is 77.7 Å². The summed E-state index contributed by atoms with van der Waals surface area (Å²) in [4.78, 5) is 34.0. The Balaban J connectivity index is 1.54. The van der Waals surface area contributed by atoms with Crippen LogP contribution in [-0.2, 0) is 9.53 Å². The first-order chi connectivity index (χ1) is 18.5. The van der Waals surface area contributed by atoms with Crippen molar-refractivity contribution in [1.29, 1.82) is 0 Å². The zero-order valence-corrected chi connectivity index (χ0v) is 23.5. The van der Waals surface area contributed by atoms with Gasteiger partial charge in [0.15, 0.2) is 5.82 Å². The number of piperidine rings is 1. The minimum atomic E-state index is -0.644. The molecule has 11 nitrogen and oxygen atoms in total. The summed E-state index contributed by atoms with van der Waals surface area (Å²) in [5.74, 6) is 1.14. The van der Waals surface area contributed by atoms with E-state index in [1.54, 1.807) is 29.1 Å². The van der Waals surface area contributed by atoms with E-state index in [4.69, 9.17) is 30.9 Å². The number of carbonyl (C=O) groups excluding carboxylic acids is 2. The number of fused-ring (bicyclic) bond motifs is 2. The maximum Gasteiger partial charge on any atom is 0.415 e. The van der Waals surface area contributed by atoms with Gasteiger partial charge in [-0.05, 0) is 53.8 Å². The van der Waals surface area contributed by atoms with Crippen molar-refractivity contribution >= 4 is 46.0 Å². The largest absolute Gasteiger partial charge is 0.494 e. The number of anilines is 2. The van der Waals surface area contributed by atoms with E-state index in [9.17, 15) is 9.59 Å². The molecular weight excluding hydrogens is 524 g/mol. The van der Waals surface area contributed by atoms with Crippen LogP contribution in [0.15, 0.2) is 24.4 Å². The number of carbonyl (C=O) groups is 2. The van der Waals surface area contributed by atoms with E-state index in [2.05, 4.69) is 22.2 Å². The van der Waals surface area contributed by atoms with Crippen molar-refractivity contribution in [3.63, 3.8) is 0 Å². The number of ether oxygens (including phenoxy) is 3. The molecule has 2 amide bonds. The first-order valence-corrected chi connectivity index (χ1v) is 13.3. The molecule has 0 saturated carbocycles. The van der Waals surface area contributed by atoms with Crippen LogP contribution >= 0.6 is 11.6 Å². The Labute approximate surface area is 231 Å². The molecule has 1 fully saturated rings. The number of nitrogens with zero attached hydrogens (tertiary/aromatic N) is 5. The predicted molar refractivity (Wildman–Crippen MR) is 148 cm³/mol. The van der Waals surface area contributed by atoms with Gasteiger partial charge >= 0.3 is 6.09 Å². The van der Waals surface area contributed by atoms with Gasteiger partial charge in [0.25, 0.3) is 0 Å². The van der Waals surface area contributed by atoms with Gasteiger partial charge in [0.1, 0.15) is 34.5 Å². The third-order valence-electron chi connectivity index (χ3n) is 6.83. The number of halogens is 1. The fourth-order valence-corrected chi connectivity index (χ4v) is 4.97. The predicted octanol–water partition coefficient (Wildman–Crippen LogP) is 4.50. The average Bonchev–Trinajstić information content (AvgIpc) is 3.23. The second kappa shape index (κ2) is 10.5. The number of rotatable bonds is 4. The molecule has 2 aromatic heterocycles. The number of aromatic nitrogens is 3. The van der Waals surface area contributed by atoms with Gasteiger partial charge < -0.3 is 24.4 Å². The van der Waals surface area contributed by atoms with E-state index in [1.807, 2.05) is 20.8 Å². The average molecular weight is 557 g/mol. The molecule has 2 aliphatic rings. The van der Waals surface area contributed by atoms with Gasteiger partial charge in [0.05, 0.1) is 30.2 Å². The van der Waals surface area contributed by atoms with Crippen molar-refractivity contribution in [2.24, 2.45) is 5.92 Å². The Morgan fingerprint density at radius 2 is 1.87 bits per heavy atom. The van der Waals surface area contributed by atoms with Crippen LogP contribution in [0.25, 0.3) is 16.6 Å². The maximum atomic E-state index is 13.1. The Morgan fingerprint density at radius 1 is 1.13 bits per heavy atom. The van der Waals surface area contributed by atoms with Gasteiger partial charge in [-0.2, -0.15) is 0 Å². The van der Waals surface area contributed by atoms with E-state index >= 15 is 0 Å². The lowest BCUT2D eigenvalue weighted by molar-refractivity contribution is -0.121. The highest BCUT2D eigenvalue weighted by molar-refractivity contribution is 6.30. The number of benzene rings is 1. The molecule has 12 heteroatoms. The molecule has 3 aromatic rings. The molecule has 39 heavy (non-hydrogen) atoms. The molecule has 208 valence electrons. The van der Waals surface area contributed by atoms with E-state index in [0.29, 0.717) is 52.7 Å². The normalized spacial score (nSPS) is 16.5. The SMILES string of the molecule is COc1cc2c(cc1-n1nc(NC(=O)C3CCN(C)CC3)c3cnc(Cl)cc31)OCCN2C(=O)OC(C)(C)C. The standard InChI is InChI=1S/C27H33ClN6O5/c1-27(2,3)39-26(36)33-10-11-38-22-13-20(21(37-5)12-19(22)33)34-18-14-23(28)29-15-17(18)24(31-34)30-25(35)16-6-8-32(4)9-7-16/h12-16H,6-11H2,1-5H3,(H,30,31,35). The monoisotopic (exact) mass is 556 g/mol. The van der Waals surface area contributed by atoms with Crippen molar-refractivity contribution in [3.05, 3.63) is 29.5 Å². The second-order valence-electron chi connectivity index (χ2n) is 10.8. The fraction of sp³-hybridized carbons (Fsp3) is 0.481. The topological polar surface area (TPSA) is 111 Å². The molecular formula is C27H33ClN6O5. The Bertz CT molecular complexity index is 1410. The zero-order valence-electron chi connectivity index (χ0n) is 22.8. The van der Waals surface area contributed by atoms with Gasteiger partial charge in [-0.25, -0.2) is 14.5 Å². The van der Waals surface area contributed by atoms with Crippen LogP contribution in [0, 0.1) is 5.92 Å². The summed E-state index contributed by atoms with van der Waals surface area (Å²) >= 11 is 6.27.